The van der Waals surface area contributed by atoms with Gasteiger partial charge in [0.15, 0.2) is 5.79 Å². The smallest absolute Gasteiger partial charge is 0.306 e. The van der Waals surface area contributed by atoms with Crippen LogP contribution in [0.3, 0.4) is 0 Å². The molecule has 0 aliphatic carbocycles. The molecule has 0 saturated carbocycles. The number of carbonyl (C=O) groups is 2. The lowest BCUT2D eigenvalue weighted by Gasteiger charge is -2.34. The summed E-state index contributed by atoms with van der Waals surface area (Å²) in [6.45, 7) is 8.12. The van der Waals surface area contributed by atoms with E-state index in [0.29, 0.717) is 12.4 Å². The first kappa shape index (κ1) is 20.9. The van der Waals surface area contributed by atoms with Crippen molar-refractivity contribution in [3.63, 3.8) is 0 Å². The Bertz CT molecular complexity index is 655. The van der Waals surface area contributed by atoms with Crippen LogP contribution in [-0.4, -0.2) is 48.8 Å². The van der Waals surface area contributed by atoms with Gasteiger partial charge in [-0.25, -0.2) is 9.78 Å². The van der Waals surface area contributed by atoms with Crippen molar-refractivity contribution < 1.29 is 38.7 Å². The number of hydrogen-bond acceptors (Lipinski definition) is 7. The van der Waals surface area contributed by atoms with Crippen LogP contribution in [0.5, 0.6) is 5.75 Å². The van der Waals surface area contributed by atoms with Crippen LogP contribution >= 0.6 is 0 Å². The summed E-state index contributed by atoms with van der Waals surface area (Å²) in [7, 11) is 0. The average Bonchev–Trinajstić information content (AvgIpc) is 2.63. The second-order valence-corrected chi connectivity index (χ2v) is 6.39. The number of esters is 1. The summed E-state index contributed by atoms with van der Waals surface area (Å²) in [6.07, 6.45) is -0.793. The highest BCUT2D eigenvalue weighted by molar-refractivity contribution is 5.76. The van der Waals surface area contributed by atoms with Crippen LogP contribution in [0.15, 0.2) is 30.8 Å². The lowest BCUT2D eigenvalue weighted by Crippen LogP contribution is -2.40. The van der Waals surface area contributed by atoms with Gasteiger partial charge in [0.05, 0.1) is 19.4 Å². The summed E-state index contributed by atoms with van der Waals surface area (Å²) < 4.78 is 15.9. The lowest BCUT2D eigenvalue weighted by atomic mass is 10.0. The van der Waals surface area contributed by atoms with E-state index in [0.717, 1.165) is 11.1 Å². The van der Waals surface area contributed by atoms with Crippen LogP contribution in [0, 0.1) is 0 Å². The molecule has 1 aliphatic rings. The average molecular weight is 380 g/mol. The lowest BCUT2D eigenvalue weighted by molar-refractivity contribution is -0.467. The van der Waals surface area contributed by atoms with Gasteiger partial charge < -0.3 is 19.3 Å². The minimum Gasteiger partial charge on any atom is -0.490 e. The van der Waals surface area contributed by atoms with Crippen LogP contribution in [0.25, 0.3) is 5.57 Å². The van der Waals surface area contributed by atoms with Crippen molar-refractivity contribution >= 4 is 17.5 Å². The van der Waals surface area contributed by atoms with Crippen molar-refractivity contribution in [2.24, 2.45) is 0 Å². The third-order valence-electron chi connectivity index (χ3n) is 3.72. The first-order valence-electron chi connectivity index (χ1n) is 8.55. The molecule has 148 valence electrons. The number of ether oxygens (including phenoxy) is 3. The molecule has 1 N–H and O–H groups in total. The van der Waals surface area contributed by atoms with Gasteiger partial charge in [-0.15, -0.1) is 0 Å². The molecule has 0 radical (unpaired) electrons. The number of rotatable bonds is 9. The third kappa shape index (κ3) is 7.01. The highest BCUT2D eigenvalue weighted by Gasteiger charge is 2.31. The van der Waals surface area contributed by atoms with Crippen molar-refractivity contribution in [2.75, 3.05) is 19.8 Å². The molecule has 1 fully saturated rings. The molecule has 27 heavy (non-hydrogen) atoms. The van der Waals surface area contributed by atoms with Gasteiger partial charge in [-0.05, 0) is 37.1 Å². The second-order valence-electron chi connectivity index (χ2n) is 6.39. The molecule has 0 bridgehead atoms. The van der Waals surface area contributed by atoms with Crippen LogP contribution in [0.1, 0.15) is 32.3 Å². The van der Waals surface area contributed by atoms with E-state index < -0.39 is 23.8 Å². The number of aliphatic carboxylic acids is 1. The Labute approximate surface area is 157 Å². The van der Waals surface area contributed by atoms with Crippen molar-refractivity contribution in [3.05, 3.63) is 36.4 Å². The molecule has 1 heterocycles. The van der Waals surface area contributed by atoms with Gasteiger partial charge in [-0.3, -0.25) is 9.59 Å². The van der Waals surface area contributed by atoms with Gasteiger partial charge in [0.1, 0.15) is 25.1 Å². The molecule has 1 aliphatic heterocycles. The van der Waals surface area contributed by atoms with Crippen LogP contribution < -0.4 is 4.74 Å². The van der Waals surface area contributed by atoms with E-state index in [1.807, 2.05) is 12.1 Å². The van der Waals surface area contributed by atoms with E-state index in [-0.39, 0.29) is 26.1 Å². The normalized spacial score (nSPS) is 18.5. The molecular weight excluding hydrogens is 356 g/mol. The minimum absolute atomic E-state index is 0.0489. The summed E-state index contributed by atoms with van der Waals surface area (Å²) in [5, 5.41) is 8.49. The van der Waals surface area contributed by atoms with Crippen molar-refractivity contribution in [3.8, 4) is 5.75 Å². The summed E-state index contributed by atoms with van der Waals surface area (Å²) >= 11 is 0. The van der Waals surface area contributed by atoms with Gasteiger partial charge in [-0.1, -0.05) is 18.7 Å². The number of carbonyl (C=O) groups excluding carboxylic acids is 1. The number of hydrogen-bond donors (Lipinski definition) is 1. The first-order valence-corrected chi connectivity index (χ1v) is 8.55. The maximum atomic E-state index is 11.3. The molecule has 0 spiro atoms. The summed E-state index contributed by atoms with van der Waals surface area (Å²) in [4.78, 5) is 32.2. The molecular formula is C19H24O8. The molecule has 1 unspecified atom stereocenters. The Morgan fingerprint density at radius 1 is 1.22 bits per heavy atom. The highest BCUT2D eigenvalue weighted by Crippen LogP contribution is 2.28. The molecule has 2 rings (SSSR count). The molecule has 0 aromatic heterocycles. The van der Waals surface area contributed by atoms with Gasteiger partial charge in [0.25, 0.3) is 0 Å². The molecule has 0 amide bonds. The van der Waals surface area contributed by atoms with Gasteiger partial charge in [-0.2, -0.15) is 0 Å². The Balaban J connectivity index is 1.73. The fourth-order valence-electron chi connectivity index (χ4n) is 2.21. The Kier molecular flexibility index (Phi) is 7.35. The molecule has 8 heteroatoms. The zero-order valence-electron chi connectivity index (χ0n) is 15.4. The van der Waals surface area contributed by atoms with Gasteiger partial charge in [0, 0.05) is 0 Å². The van der Waals surface area contributed by atoms with Crippen molar-refractivity contribution in [1.29, 1.82) is 0 Å². The molecule has 8 nitrogen and oxygen atoms in total. The maximum Gasteiger partial charge on any atom is 0.306 e. The van der Waals surface area contributed by atoms with E-state index in [2.05, 4.69) is 6.58 Å². The standard InChI is InChI=1S/C19H24O8/c1-13(16-12-25-19(2,3)27-26-16)14-4-6-15(7-5-14)23-10-11-24-18(22)9-8-17(20)21/h4-7,16H,1,8-12H2,2-3H3,(H,20,21). The number of carboxylic acids is 1. The van der Waals surface area contributed by atoms with Crippen molar-refractivity contribution in [2.45, 2.75) is 38.6 Å². The zero-order valence-corrected chi connectivity index (χ0v) is 15.4. The molecule has 1 aromatic rings. The van der Waals surface area contributed by atoms with Gasteiger partial charge in [0.2, 0.25) is 0 Å². The van der Waals surface area contributed by atoms with E-state index in [9.17, 15) is 9.59 Å². The van der Waals surface area contributed by atoms with E-state index >= 15 is 0 Å². The Hall–Kier alpha value is -2.42. The van der Waals surface area contributed by atoms with Crippen molar-refractivity contribution in [1.82, 2.24) is 0 Å². The highest BCUT2D eigenvalue weighted by atomic mass is 17.2. The Morgan fingerprint density at radius 3 is 2.52 bits per heavy atom. The second kappa shape index (κ2) is 9.50. The van der Waals surface area contributed by atoms with Crippen LogP contribution in [0.2, 0.25) is 0 Å². The summed E-state index contributed by atoms with van der Waals surface area (Å²) in [5.41, 5.74) is 1.59. The monoisotopic (exact) mass is 380 g/mol. The maximum absolute atomic E-state index is 11.3. The predicted octanol–water partition coefficient (Wildman–Crippen LogP) is 2.57. The third-order valence-corrected chi connectivity index (χ3v) is 3.72. The number of carboxylic acid groups (broad SMARTS) is 1. The zero-order chi connectivity index (χ0) is 19.9. The number of benzene rings is 1. The van der Waals surface area contributed by atoms with Crippen LogP contribution in [0.4, 0.5) is 0 Å². The summed E-state index contributed by atoms with van der Waals surface area (Å²) in [5.74, 6) is -1.77. The fourth-order valence-corrected chi connectivity index (χ4v) is 2.21. The SMILES string of the molecule is C=C(c1ccc(OCCOC(=O)CCC(=O)O)cc1)C1COC(C)(C)OO1. The predicted molar refractivity (Wildman–Crippen MR) is 94.8 cm³/mol. The molecule has 1 atom stereocenters. The quantitative estimate of drug-likeness (QED) is 0.396. The van der Waals surface area contributed by atoms with E-state index in [4.69, 9.17) is 29.1 Å². The minimum atomic E-state index is -1.04. The molecule has 1 aromatic carbocycles. The van der Waals surface area contributed by atoms with E-state index in [1.165, 1.54) is 0 Å². The Morgan fingerprint density at radius 2 is 1.93 bits per heavy atom. The summed E-state index contributed by atoms with van der Waals surface area (Å²) in [6, 6.07) is 7.20. The molecule has 1 saturated heterocycles. The fraction of sp³-hybridized carbons (Fsp3) is 0.474. The topological polar surface area (TPSA) is 101 Å². The largest absolute Gasteiger partial charge is 0.490 e. The van der Waals surface area contributed by atoms with Gasteiger partial charge >= 0.3 is 11.9 Å². The van der Waals surface area contributed by atoms with Crippen LogP contribution in [-0.2, 0) is 28.8 Å². The first-order chi connectivity index (χ1) is 12.8. The van der Waals surface area contributed by atoms with E-state index in [1.54, 1.807) is 26.0 Å².